The first-order valence-electron chi connectivity index (χ1n) is 6.32. The van der Waals surface area contributed by atoms with Crippen LogP contribution in [0, 0.1) is 6.92 Å². The van der Waals surface area contributed by atoms with Crippen molar-refractivity contribution in [2.24, 2.45) is 0 Å². The smallest absolute Gasteiger partial charge is 0.172 e. The number of rotatable bonds is 5. The minimum Gasteiger partial charge on any atom is -0.468 e. The number of nitrogens with one attached hydrogen (secondary N) is 1. The fraction of sp³-hybridized carbons (Fsp3) is 0.200. The zero-order valence-electron chi connectivity index (χ0n) is 11.1. The van der Waals surface area contributed by atoms with Crippen LogP contribution in [0.5, 0.6) is 0 Å². The Balaban J connectivity index is 1.65. The van der Waals surface area contributed by atoms with Crippen molar-refractivity contribution >= 4 is 28.6 Å². The molecule has 2 aromatic heterocycles. The Morgan fingerprint density at radius 2 is 2.30 bits per heavy atom. The molecule has 4 nitrogen and oxygen atoms in total. The van der Waals surface area contributed by atoms with E-state index < -0.39 is 0 Å². The molecule has 2 heterocycles. The Kier molecular flexibility index (Phi) is 3.60. The summed E-state index contributed by atoms with van der Waals surface area (Å²) >= 11 is 1.56. The molecular weight excluding hydrogens is 272 g/mol. The van der Waals surface area contributed by atoms with Crippen LogP contribution < -0.4 is 0 Å². The summed E-state index contributed by atoms with van der Waals surface area (Å²) in [6.07, 6.45) is 1.65. The number of fused-ring (bicyclic) bond motifs is 1. The second-order valence-corrected chi connectivity index (χ2v) is 5.54. The monoisotopic (exact) mass is 286 g/mol. The predicted molar refractivity (Wildman–Crippen MR) is 80.0 cm³/mol. The van der Waals surface area contributed by atoms with Gasteiger partial charge in [-0.1, -0.05) is 0 Å². The van der Waals surface area contributed by atoms with Crippen molar-refractivity contribution < 1.29 is 9.21 Å². The van der Waals surface area contributed by atoms with Gasteiger partial charge in [0.1, 0.15) is 11.6 Å². The van der Waals surface area contributed by atoms with Gasteiger partial charge in [0.2, 0.25) is 0 Å². The Morgan fingerprint density at radius 1 is 1.40 bits per heavy atom. The summed E-state index contributed by atoms with van der Waals surface area (Å²) in [7, 11) is 0. The fourth-order valence-corrected chi connectivity index (χ4v) is 2.85. The first-order valence-corrected chi connectivity index (χ1v) is 7.47. The average Bonchev–Trinajstić information content (AvgIpc) is 3.05. The van der Waals surface area contributed by atoms with Gasteiger partial charge in [-0.2, -0.15) is 0 Å². The highest BCUT2D eigenvalue weighted by Crippen LogP contribution is 2.17. The summed E-state index contributed by atoms with van der Waals surface area (Å²) < 4.78 is 5.24. The molecule has 1 aromatic carbocycles. The van der Waals surface area contributed by atoms with Crippen molar-refractivity contribution in [2.45, 2.75) is 12.7 Å². The third-order valence-corrected chi connectivity index (χ3v) is 3.93. The molecule has 0 spiro atoms. The molecule has 0 bridgehead atoms. The number of hydrogen-bond donors (Lipinski definition) is 1. The van der Waals surface area contributed by atoms with Gasteiger partial charge in [0.05, 0.1) is 28.8 Å². The number of thioether (sulfide) groups is 1. The summed E-state index contributed by atoms with van der Waals surface area (Å²) in [5, 5.41) is 0. The number of aromatic nitrogens is 2. The molecule has 0 aliphatic heterocycles. The van der Waals surface area contributed by atoms with Gasteiger partial charge in [-0.25, -0.2) is 4.98 Å². The molecule has 3 aromatic rings. The molecular formula is C15H14N2O2S. The normalized spacial score (nSPS) is 11.1. The van der Waals surface area contributed by atoms with Crippen LogP contribution in [0.1, 0.15) is 21.9 Å². The number of imidazole rings is 1. The van der Waals surface area contributed by atoms with Crippen LogP contribution in [0.4, 0.5) is 0 Å². The van der Waals surface area contributed by atoms with Crippen LogP contribution in [0.2, 0.25) is 0 Å². The van der Waals surface area contributed by atoms with E-state index in [-0.39, 0.29) is 5.78 Å². The van der Waals surface area contributed by atoms with E-state index in [0.717, 1.165) is 22.6 Å². The van der Waals surface area contributed by atoms with Gasteiger partial charge in [-0.15, -0.1) is 11.8 Å². The highest BCUT2D eigenvalue weighted by Gasteiger charge is 2.09. The molecule has 0 aliphatic carbocycles. The lowest BCUT2D eigenvalue weighted by Gasteiger charge is -2.00. The van der Waals surface area contributed by atoms with Crippen LogP contribution in [0.25, 0.3) is 11.0 Å². The van der Waals surface area contributed by atoms with Gasteiger partial charge in [0.15, 0.2) is 5.78 Å². The topological polar surface area (TPSA) is 58.9 Å². The molecule has 20 heavy (non-hydrogen) atoms. The number of ketones is 1. The number of H-pyrrole nitrogens is 1. The van der Waals surface area contributed by atoms with E-state index in [2.05, 4.69) is 9.97 Å². The zero-order valence-corrected chi connectivity index (χ0v) is 11.9. The highest BCUT2D eigenvalue weighted by atomic mass is 32.2. The van der Waals surface area contributed by atoms with Crippen molar-refractivity contribution in [3.05, 3.63) is 53.7 Å². The molecule has 0 saturated carbocycles. The summed E-state index contributed by atoms with van der Waals surface area (Å²) in [4.78, 5) is 19.6. The second-order valence-electron chi connectivity index (χ2n) is 4.55. The van der Waals surface area contributed by atoms with Crippen LogP contribution in [-0.4, -0.2) is 21.5 Å². The summed E-state index contributed by atoms with van der Waals surface area (Å²) in [6, 6.07) is 9.34. The first-order chi connectivity index (χ1) is 9.72. The fourth-order valence-electron chi connectivity index (χ4n) is 2.03. The van der Waals surface area contributed by atoms with Crippen molar-refractivity contribution in [1.82, 2.24) is 9.97 Å². The van der Waals surface area contributed by atoms with Crippen molar-refractivity contribution in [2.75, 3.05) is 5.75 Å². The predicted octanol–water partition coefficient (Wildman–Crippen LogP) is 3.58. The van der Waals surface area contributed by atoms with E-state index in [4.69, 9.17) is 4.42 Å². The number of furan rings is 1. The Morgan fingerprint density at radius 3 is 3.10 bits per heavy atom. The van der Waals surface area contributed by atoms with Crippen molar-refractivity contribution in [3.63, 3.8) is 0 Å². The lowest BCUT2D eigenvalue weighted by atomic mass is 10.1. The Bertz CT molecular complexity index is 732. The van der Waals surface area contributed by atoms with Gasteiger partial charge in [-0.05, 0) is 37.3 Å². The molecule has 0 amide bonds. The maximum absolute atomic E-state index is 12.1. The number of carbonyl (C=O) groups excluding carboxylic acids is 1. The molecule has 0 atom stereocenters. The third kappa shape index (κ3) is 2.77. The molecule has 0 aliphatic rings. The minimum atomic E-state index is 0.121. The van der Waals surface area contributed by atoms with Crippen molar-refractivity contribution in [1.29, 1.82) is 0 Å². The van der Waals surface area contributed by atoms with Gasteiger partial charge in [0.25, 0.3) is 0 Å². The zero-order chi connectivity index (χ0) is 13.9. The number of benzene rings is 1. The lowest BCUT2D eigenvalue weighted by Crippen LogP contribution is -2.02. The van der Waals surface area contributed by atoms with E-state index >= 15 is 0 Å². The molecule has 0 saturated heterocycles. The molecule has 5 heteroatoms. The van der Waals surface area contributed by atoms with Crippen molar-refractivity contribution in [3.8, 4) is 0 Å². The summed E-state index contributed by atoms with van der Waals surface area (Å²) in [5.41, 5.74) is 2.51. The quantitative estimate of drug-likeness (QED) is 0.728. The molecule has 1 N–H and O–H groups in total. The Labute approximate surface area is 120 Å². The number of aromatic amines is 1. The summed E-state index contributed by atoms with van der Waals surface area (Å²) in [5.74, 6) is 3.03. The van der Waals surface area contributed by atoms with Crippen LogP contribution in [-0.2, 0) is 5.75 Å². The number of aryl methyl sites for hydroxylation is 1. The maximum atomic E-state index is 12.1. The highest BCUT2D eigenvalue weighted by molar-refractivity contribution is 7.99. The van der Waals surface area contributed by atoms with Crippen LogP contribution in [0.15, 0.2) is 41.0 Å². The van der Waals surface area contributed by atoms with Crippen LogP contribution in [0.3, 0.4) is 0 Å². The SMILES string of the molecule is Cc1nc2ccc(C(=O)CSCc3ccco3)cc2[nH]1. The molecule has 102 valence electrons. The van der Waals surface area contributed by atoms with E-state index in [1.807, 2.05) is 37.3 Å². The van der Waals surface area contributed by atoms with Crippen LogP contribution >= 0.6 is 11.8 Å². The van der Waals surface area contributed by atoms with Gasteiger partial charge < -0.3 is 9.40 Å². The molecule has 0 unspecified atom stereocenters. The number of hydrogen-bond acceptors (Lipinski definition) is 4. The molecule has 3 rings (SSSR count). The van der Waals surface area contributed by atoms with E-state index in [0.29, 0.717) is 17.1 Å². The molecule has 0 radical (unpaired) electrons. The Hall–Kier alpha value is -2.01. The largest absolute Gasteiger partial charge is 0.468 e. The minimum absolute atomic E-state index is 0.121. The average molecular weight is 286 g/mol. The number of nitrogens with zero attached hydrogens (tertiary/aromatic N) is 1. The number of carbonyl (C=O) groups is 1. The van der Waals surface area contributed by atoms with E-state index in [1.54, 1.807) is 18.0 Å². The second kappa shape index (κ2) is 5.54. The summed E-state index contributed by atoms with van der Waals surface area (Å²) in [6.45, 7) is 1.90. The standard InChI is InChI=1S/C15H14N2O2S/c1-10-16-13-5-4-11(7-14(13)17-10)15(18)9-20-8-12-3-2-6-19-12/h2-7H,8-9H2,1H3,(H,16,17). The van der Waals surface area contributed by atoms with Gasteiger partial charge >= 0.3 is 0 Å². The first kappa shape index (κ1) is 13.0. The van der Waals surface area contributed by atoms with E-state index in [9.17, 15) is 4.79 Å². The van der Waals surface area contributed by atoms with Gasteiger partial charge in [0, 0.05) is 5.56 Å². The van der Waals surface area contributed by atoms with Gasteiger partial charge in [-0.3, -0.25) is 4.79 Å². The third-order valence-electron chi connectivity index (χ3n) is 2.98. The van der Waals surface area contributed by atoms with E-state index in [1.165, 1.54) is 0 Å². The maximum Gasteiger partial charge on any atom is 0.172 e. The number of Topliss-reactive ketones (excluding diaryl/α,β-unsaturated/α-hetero) is 1. The lowest BCUT2D eigenvalue weighted by molar-refractivity contribution is 0.102. The molecule has 0 fully saturated rings.